The second-order valence-electron chi connectivity index (χ2n) is 7.14. The van der Waals surface area contributed by atoms with Crippen molar-refractivity contribution < 1.29 is 4.79 Å². The lowest BCUT2D eigenvalue weighted by Crippen LogP contribution is -2.14. The highest BCUT2D eigenvalue weighted by Gasteiger charge is 2.19. The van der Waals surface area contributed by atoms with Gasteiger partial charge in [-0.25, -0.2) is 9.97 Å². The van der Waals surface area contributed by atoms with Crippen LogP contribution in [0, 0.1) is 0 Å². The molecule has 6 nitrogen and oxygen atoms in total. The summed E-state index contributed by atoms with van der Waals surface area (Å²) in [5.41, 5.74) is 3.12. The van der Waals surface area contributed by atoms with E-state index in [-0.39, 0.29) is 17.1 Å². The molecule has 0 saturated carbocycles. The molecule has 1 amide bonds. The van der Waals surface area contributed by atoms with E-state index in [2.05, 4.69) is 77.4 Å². The first-order valence-corrected chi connectivity index (χ1v) is 10.6. The van der Waals surface area contributed by atoms with Crippen molar-refractivity contribution in [2.75, 3.05) is 11.1 Å². The number of carbonyl (C=O) groups excluding carboxylic acids is 1. The average molecular weight is 402 g/mol. The van der Waals surface area contributed by atoms with Gasteiger partial charge in [-0.2, -0.15) is 0 Å². The van der Waals surface area contributed by atoms with Crippen molar-refractivity contribution in [2.45, 2.75) is 44.7 Å². The highest BCUT2D eigenvalue weighted by Crippen LogP contribution is 2.26. The van der Waals surface area contributed by atoms with Crippen LogP contribution >= 0.6 is 23.1 Å². The highest BCUT2D eigenvalue weighted by molar-refractivity contribution is 7.99. The summed E-state index contributed by atoms with van der Waals surface area (Å²) in [4.78, 5) is 21.1. The quantitative estimate of drug-likeness (QED) is 0.593. The van der Waals surface area contributed by atoms with Gasteiger partial charge < -0.3 is 5.32 Å². The second-order valence-corrected chi connectivity index (χ2v) is 8.94. The van der Waals surface area contributed by atoms with Crippen LogP contribution in [-0.4, -0.2) is 31.8 Å². The third kappa shape index (κ3) is 5.17. The van der Waals surface area contributed by atoms with Crippen LogP contribution in [0.25, 0.3) is 11.3 Å². The highest BCUT2D eigenvalue weighted by atomic mass is 32.2. The van der Waals surface area contributed by atoms with E-state index >= 15 is 0 Å². The maximum absolute atomic E-state index is 12.2. The lowest BCUT2D eigenvalue weighted by atomic mass is 9.96. The number of hydrogen-bond donors (Lipinski definition) is 2. The van der Waals surface area contributed by atoms with E-state index in [0.29, 0.717) is 10.3 Å². The number of thioether (sulfide) groups is 1. The number of aryl methyl sites for hydroxylation is 1. The molecule has 2 heterocycles. The van der Waals surface area contributed by atoms with E-state index in [0.717, 1.165) is 23.5 Å². The van der Waals surface area contributed by atoms with Gasteiger partial charge in [0.2, 0.25) is 11.1 Å². The van der Waals surface area contributed by atoms with Gasteiger partial charge in [0.05, 0.1) is 11.4 Å². The number of H-pyrrole nitrogens is 1. The van der Waals surface area contributed by atoms with Crippen molar-refractivity contribution in [3.05, 3.63) is 41.0 Å². The summed E-state index contributed by atoms with van der Waals surface area (Å²) in [6, 6.07) is 8.33. The smallest absolute Gasteiger partial charge is 0.236 e. The Hall–Kier alpha value is -2.19. The molecule has 8 heteroatoms. The molecule has 0 radical (unpaired) electrons. The normalized spacial score (nSPS) is 11.6. The molecule has 0 bridgehead atoms. The summed E-state index contributed by atoms with van der Waals surface area (Å²) in [7, 11) is 0. The van der Waals surface area contributed by atoms with Crippen LogP contribution in [0.5, 0.6) is 0 Å². The molecule has 2 aromatic heterocycles. The van der Waals surface area contributed by atoms with Crippen molar-refractivity contribution in [3.8, 4) is 11.3 Å². The van der Waals surface area contributed by atoms with Gasteiger partial charge in [-0.15, -0.1) is 16.4 Å². The van der Waals surface area contributed by atoms with Gasteiger partial charge in [-0.05, 0) is 12.0 Å². The number of carbonyl (C=O) groups is 1. The molecule has 1 aromatic carbocycles. The third-order valence-corrected chi connectivity index (χ3v) is 5.52. The number of nitrogens with zero attached hydrogens (tertiary/aromatic N) is 3. The van der Waals surface area contributed by atoms with Crippen LogP contribution in [0.4, 0.5) is 5.13 Å². The van der Waals surface area contributed by atoms with E-state index in [1.807, 2.05) is 5.38 Å². The minimum atomic E-state index is -0.121. The Morgan fingerprint density at radius 2 is 1.96 bits per heavy atom. The number of nitrogens with one attached hydrogen (secondary N) is 2. The molecule has 0 atom stereocenters. The number of thiazole rings is 1. The van der Waals surface area contributed by atoms with Gasteiger partial charge in [0.1, 0.15) is 5.82 Å². The van der Waals surface area contributed by atoms with Gasteiger partial charge in [-0.1, -0.05) is 63.7 Å². The molecule has 0 aliphatic rings. The summed E-state index contributed by atoms with van der Waals surface area (Å²) in [6.07, 6.45) is 1.01. The molecule has 0 saturated heterocycles. The monoisotopic (exact) mass is 401 g/mol. The Bertz CT molecular complexity index is 909. The van der Waals surface area contributed by atoms with Crippen LogP contribution in [0.3, 0.4) is 0 Å². The molecule has 27 heavy (non-hydrogen) atoms. The van der Waals surface area contributed by atoms with Crippen molar-refractivity contribution in [3.63, 3.8) is 0 Å². The van der Waals surface area contributed by atoms with Crippen LogP contribution in [0.2, 0.25) is 0 Å². The van der Waals surface area contributed by atoms with Crippen molar-refractivity contribution in [2.24, 2.45) is 0 Å². The molecule has 0 aliphatic carbocycles. The van der Waals surface area contributed by atoms with Crippen molar-refractivity contribution >= 4 is 34.1 Å². The zero-order chi connectivity index (χ0) is 19.4. The summed E-state index contributed by atoms with van der Waals surface area (Å²) in [6.45, 7) is 8.31. The standard InChI is InChI=1S/C19H23N5OS2/c1-5-12-6-8-13(9-7-12)14-10-26-17(20-14)21-15(25)11-27-18-22-16(23-24-18)19(2,3)4/h6-10H,5,11H2,1-4H3,(H,20,21,25)(H,22,23,24). The fourth-order valence-electron chi connectivity index (χ4n) is 2.31. The maximum Gasteiger partial charge on any atom is 0.236 e. The Kier molecular flexibility index (Phi) is 5.96. The zero-order valence-corrected chi connectivity index (χ0v) is 17.5. The topological polar surface area (TPSA) is 83.6 Å². The van der Waals surface area contributed by atoms with Crippen LogP contribution < -0.4 is 5.32 Å². The molecule has 0 spiro atoms. The first kappa shape index (κ1) is 19.6. The SMILES string of the molecule is CCc1ccc(-c2csc(NC(=O)CSc3n[nH]c(C(C)(C)C)n3)n2)cc1. The first-order chi connectivity index (χ1) is 12.8. The van der Waals surface area contributed by atoms with Gasteiger partial charge in [0.25, 0.3) is 0 Å². The fourth-order valence-corrected chi connectivity index (χ4v) is 3.64. The minimum absolute atomic E-state index is 0.0965. The van der Waals surface area contributed by atoms with Crippen LogP contribution in [0.15, 0.2) is 34.8 Å². The minimum Gasteiger partial charge on any atom is -0.301 e. The Morgan fingerprint density at radius 3 is 2.59 bits per heavy atom. The zero-order valence-electron chi connectivity index (χ0n) is 15.9. The van der Waals surface area contributed by atoms with E-state index in [9.17, 15) is 4.79 Å². The lowest BCUT2D eigenvalue weighted by Gasteiger charge is -2.12. The lowest BCUT2D eigenvalue weighted by molar-refractivity contribution is -0.113. The summed E-state index contributed by atoms with van der Waals surface area (Å²) >= 11 is 2.73. The van der Waals surface area contributed by atoms with E-state index in [1.165, 1.54) is 28.7 Å². The average Bonchev–Trinajstić information content (AvgIpc) is 3.29. The van der Waals surface area contributed by atoms with Gasteiger partial charge in [-0.3, -0.25) is 9.89 Å². The number of rotatable bonds is 6. The van der Waals surface area contributed by atoms with Crippen molar-refractivity contribution in [1.29, 1.82) is 0 Å². The summed E-state index contributed by atoms with van der Waals surface area (Å²) in [5, 5.41) is 13.0. The van der Waals surface area contributed by atoms with Gasteiger partial charge in [0.15, 0.2) is 5.13 Å². The molecular weight excluding hydrogens is 378 g/mol. The number of benzene rings is 1. The Morgan fingerprint density at radius 1 is 1.22 bits per heavy atom. The molecule has 142 valence electrons. The molecular formula is C19H23N5OS2. The number of anilines is 1. The summed E-state index contributed by atoms with van der Waals surface area (Å²) in [5.74, 6) is 0.926. The van der Waals surface area contributed by atoms with Crippen LogP contribution in [-0.2, 0) is 16.6 Å². The predicted molar refractivity (Wildman–Crippen MR) is 111 cm³/mol. The maximum atomic E-state index is 12.2. The van der Waals surface area contributed by atoms with E-state index in [1.54, 1.807) is 0 Å². The number of hydrogen-bond acceptors (Lipinski definition) is 6. The van der Waals surface area contributed by atoms with Gasteiger partial charge in [0, 0.05) is 16.4 Å². The Labute approximate surface area is 167 Å². The molecule has 0 fully saturated rings. The van der Waals surface area contributed by atoms with Crippen molar-refractivity contribution in [1.82, 2.24) is 20.2 Å². The summed E-state index contributed by atoms with van der Waals surface area (Å²) < 4.78 is 0. The van der Waals surface area contributed by atoms with Crippen LogP contribution in [0.1, 0.15) is 39.1 Å². The second kappa shape index (κ2) is 8.22. The fraction of sp³-hybridized carbons (Fsp3) is 0.368. The molecule has 3 rings (SSSR count). The largest absolute Gasteiger partial charge is 0.301 e. The Balaban J connectivity index is 1.55. The molecule has 0 unspecified atom stereocenters. The molecule has 2 N–H and O–H groups in total. The van der Waals surface area contributed by atoms with E-state index in [4.69, 9.17) is 0 Å². The third-order valence-electron chi connectivity index (χ3n) is 3.92. The number of aromatic nitrogens is 4. The number of aromatic amines is 1. The predicted octanol–water partition coefficient (Wildman–Crippen LogP) is 4.52. The van der Waals surface area contributed by atoms with Gasteiger partial charge >= 0.3 is 0 Å². The first-order valence-electron chi connectivity index (χ1n) is 8.75. The molecule has 0 aliphatic heterocycles. The van der Waals surface area contributed by atoms with E-state index < -0.39 is 0 Å². The molecule has 3 aromatic rings. The number of amides is 1.